The first-order valence-electron chi connectivity index (χ1n) is 27.7. The van der Waals surface area contributed by atoms with Gasteiger partial charge in [-0.3, -0.25) is 74.7 Å². The van der Waals surface area contributed by atoms with Gasteiger partial charge in [-0.05, 0) is 11.8 Å². The summed E-state index contributed by atoms with van der Waals surface area (Å²) in [4.78, 5) is 132. The van der Waals surface area contributed by atoms with Crippen molar-refractivity contribution in [3.8, 4) is 0 Å². The zero-order valence-electron chi connectivity index (χ0n) is 49.4. The fourth-order valence-electron chi connectivity index (χ4n) is 11.0. The van der Waals surface area contributed by atoms with Gasteiger partial charge in [0.2, 0.25) is 23.6 Å². The quantitative estimate of drug-likeness (QED) is 0.0187. The van der Waals surface area contributed by atoms with Crippen molar-refractivity contribution >= 4 is 118 Å². The number of aromatic nitrogens is 16. The van der Waals surface area contributed by atoms with Gasteiger partial charge in [-0.15, -0.1) is 0 Å². The Morgan fingerprint density at radius 3 is 1.56 bits per heavy atom. The maximum Gasteiger partial charge on any atom is 0.479 e. The normalized spacial score (nSPS) is 30.7. The van der Waals surface area contributed by atoms with Crippen LogP contribution in [0.15, 0.2) is 46.0 Å². The van der Waals surface area contributed by atoms with Crippen LogP contribution < -0.4 is 44.2 Å². The SMILES string of the molecule is COC1C(OP(=O)(O)OCC2OC(n3cnc4c(=O)[nH]c(N)nc43)C(O)C2OP(=O)(O)OCC2OC(n3cnc4c(=O)[nH]c(N)nc43)C(O)C2O)C(COP(=O)(O)OP(O)(=S)OP(=O)(O)OCC2OC([n+]3cn(C)c4c(=O)[nH]c(N)nc43)C(O)C2O)OC1n1cnc2c(N)ncnc21. The van der Waals surface area contributed by atoms with Crippen molar-refractivity contribution in [2.24, 2.45) is 7.05 Å². The first-order valence-corrected chi connectivity index (χ1v) is 36.3. The molecule has 0 bridgehead atoms. The van der Waals surface area contributed by atoms with Gasteiger partial charge in [0.15, 0.2) is 58.8 Å². The largest absolute Gasteiger partial charge is 0.479 e. The summed E-state index contributed by atoms with van der Waals surface area (Å²) < 4.78 is 130. The van der Waals surface area contributed by atoms with E-state index in [-0.39, 0.29) is 62.4 Å². The average molecular weight is 1510 g/mol. The van der Waals surface area contributed by atoms with Crippen molar-refractivity contribution in [2.75, 3.05) is 56.5 Å². The lowest BCUT2D eigenvalue weighted by Gasteiger charge is -2.27. The van der Waals surface area contributed by atoms with Crippen molar-refractivity contribution in [1.29, 1.82) is 0 Å². The Hall–Kier alpha value is -6.55. The van der Waals surface area contributed by atoms with Crippen molar-refractivity contribution in [3.63, 3.8) is 0 Å². The number of aryl methyl sites for hydroxylation is 1. The van der Waals surface area contributed by atoms with Gasteiger partial charge in [0.1, 0.15) is 85.1 Å². The maximum absolute atomic E-state index is 14.3. The molecule has 4 aliphatic rings. The Balaban J connectivity index is 0.740. The Morgan fingerprint density at radius 2 is 0.990 bits per heavy atom. The Morgan fingerprint density at radius 1 is 0.541 bits per heavy atom. The second-order valence-corrected chi connectivity index (χ2v) is 30.5. The van der Waals surface area contributed by atoms with E-state index >= 15 is 0 Å². The Kier molecular flexibility index (Phi) is 19.5. The number of rotatable bonds is 25. The zero-order chi connectivity index (χ0) is 70.6. The number of nitrogens with two attached hydrogens (primary N) is 4. The number of H-pyrrole nitrogens is 3. The third kappa shape index (κ3) is 14.1. The van der Waals surface area contributed by atoms with Crippen LogP contribution in [0.3, 0.4) is 0 Å². The number of anilines is 4. The summed E-state index contributed by atoms with van der Waals surface area (Å²) in [7, 11) is -20.5. The van der Waals surface area contributed by atoms with Crippen LogP contribution in [0, 0.1) is 0 Å². The lowest BCUT2D eigenvalue weighted by atomic mass is 10.1. The summed E-state index contributed by atoms with van der Waals surface area (Å²) in [6.07, 6.45) is -23.9. The highest BCUT2D eigenvalue weighted by atomic mass is 32.5. The number of aromatic amines is 3. The van der Waals surface area contributed by atoms with E-state index in [2.05, 4.69) is 63.4 Å². The number of imidazole rings is 4. The second kappa shape index (κ2) is 26.8. The number of nitrogen functional groups attached to an aromatic ring is 4. The monoisotopic (exact) mass is 1510 g/mol. The fourth-order valence-corrected chi connectivity index (χ4v) is 17.9. The fraction of sp³-hybridized carbons (Fsp3) is 0.524. The lowest BCUT2D eigenvalue weighted by Crippen LogP contribution is -2.46. The van der Waals surface area contributed by atoms with E-state index in [4.69, 9.17) is 85.6 Å². The molecule has 98 heavy (non-hydrogen) atoms. The number of phosphoric ester groups is 4. The number of ether oxygens (including phenoxy) is 5. The molecule has 56 heteroatoms. The molecule has 12 heterocycles. The summed E-state index contributed by atoms with van der Waals surface area (Å²) in [5.41, 5.74) is 19.5. The molecule has 0 radical (unpaired) electrons. The number of aliphatic hydroxyl groups excluding tert-OH is 5. The average Bonchev–Trinajstić information content (AvgIpc) is 1.62. The van der Waals surface area contributed by atoms with E-state index in [0.717, 1.165) is 50.7 Å². The number of hydrogen-bond acceptors (Lipinski definition) is 38. The van der Waals surface area contributed by atoms with Crippen molar-refractivity contribution < 1.29 is 132 Å². The topological polar surface area (TPSA) is 720 Å². The van der Waals surface area contributed by atoms with Crippen LogP contribution in [-0.4, -0.2) is 230 Å². The van der Waals surface area contributed by atoms with E-state index in [9.17, 15) is 82.6 Å². The van der Waals surface area contributed by atoms with Crippen LogP contribution in [-0.2, 0) is 96.6 Å². The highest BCUT2D eigenvalue weighted by Crippen LogP contribution is 2.68. The molecule has 12 rings (SSSR count). The van der Waals surface area contributed by atoms with Crippen LogP contribution in [0.5, 0.6) is 0 Å². The molecule has 4 saturated heterocycles. The van der Waals surface area contributed by atoms with Gasteiger partial charge in [-0.25, -0.2) is 56.4 Å². The van der Waals surface area contributed by atoms with Crippen LogP contribution in [0.25, 0.3) is 44.7 Å². The number of hydrogen-bond donors (Lipinski definition) is 17. The van der Waals surface area contributed by atoms with Crippen LogP contribution in [0.1, 0.15) is 24.9 Å². The molecule has 50 nitrogen and oxygen atoms in total. The van der Waals surface area contributed by atoms with Crippen molar-refractivity contribution in [1.82, 2.24) is 73.1 Å². The molecule has 4 aliphatic heterocycles. The Bertz CT molecular complexity index is 4830. The third-order valence-corrected chi connectivity index (χ3v) is 22.7. The zero-order valence-corrected chi connectivity index (χ0v) is 54.6. The molecular formula is C42H56N20O30P5S+. The van der Waals surface area contributed by atoms with Crippen LogP contribution in [0.2, 0.25) is 0 Å². The first kappa shape index (κ1) is 71.3. The minimum absolute atomic E-state index is 0.0102. The molecule has 21 unspecified atom stereocenters. The number of methoxy groups -OCH3 is 1. The smallest absolute Gasteiger partial charge is 0.387 e. The van der Waals surface area contributed by atoms with Gasteiger partial charge in [0, 0.05) is 7.11 Å². The Labute approximate surface area is 546 Å². The van der Waals surface area contributed by atoms with Gasteiger partial charge in [-0.2, -0.15) is 9.97 Å². The van der Waals surface area contributed by atoms with Crippen molar-refractivity contribution in [3.05, 3.63) is 62.7 Å². The highest BCUT2D eigenvalue weighted by molar-refractivity contribution is 8.09. The van der Waals surface area contributed by atoms with Gasteiger partial charge >= 0.3 is 43.7 Å². The standard InChI is InChI=1S/C42H55N20O30P5S/c1-58-11-62(32-19(58)35(70)57-42(46)54-32)37-23(66)21(64)13(86-37)4-83-95(75,76)91-97(79,98)92-96(77,78)84-6-15-26(27(80-2)39(88-15)59-8-49-16-28(43)47-7-48-29(16)59)90-94(73,74)82-5-14-25(24(67)38(87-14)61-10-51-18-31(61)53-41(45)56-34(18)69)89-93(71,72)81-3-12-20(63)22(65)36(85-12)60-9-50-17-30(60)52-40(44)55-33(17)68/h7-15,20-27,36-39,63-67H,3-6H2,1-2H3,(H15-,43,44,45,46,47,48,52,53,54,55,56,57,68,69,70,71,72,73,74,75,76,77,78,79,98)/p+1. The number of nitrogens with zero attached hydrogens (tertiary/aromatic N) is 13. The molecule has 534 valence electrons. The summed E-state index contributed by atoms with van der Waals surface area (Å²) in [6, 6.07) is 0. The molecule has 0 aromatic carbocycles. The molecule has 21 atom stereocenters. The molecule has 8 aromatic rings. The molecule has 0 saturated carbocycles. The number of aliphatic hydroxyl groups is 5. The molecular weight excluding hydrogens is 1450 g/mol. The minimum atomic E-state index is -5.91. The van der Waals surface area contributed by atoms with Crippen LogP contribution >= 0.6 is 38.0 Å². The predicted molar refractivity (Wildman–Crippen MR) is 319 cm³/mol. The van der Waals surface area contributed by atoms with E-state index in [1.165, 1.54) is 17.9 Å². The summed E-state index contributed by atoms with van der Waals surface area (Å²) >= 11 is 4.75. The van der Waals surface area contributed by atoms with E-state index in [0.29, 0.717) is 0 Å². The number of phosphoric acid groups is 4. The molecule has 0 spiro atoms. The van der Waals surface area contributed by atoms with Gasteiger partial charge in [0.25, 0.3) is 22.6 Å². The predicted octanol–water partition coefficient (Wildman–Crippen LogP) is -6.12. The number of fused-ring (bicyclic) bond motifs is 4. The van der Waals surface area contributed by atoms with Crippen molar-refractivity contribution in [2.45, 2.75) is 98.2 Å². The van der Waals surface area contributed by atoms with Gasteiger partial charge in [0.05, 0.1) is 52.5 Å². The van der Waals surface area contributed by atoms with Gasteiger partial charge < -0.3 is 96.6 Å². The minimum Gasteiger partial charge on any atom is -0.387 e. The van der Waals surface area contributed by atoms with E-state index in [1.54, 1.807) is 0 Å². The van der Waals surface area contributed by atoms with E-state index < -0.39 is 185 Å². The number of nitrogens with one attached hydrogen (secondary N) is 3. The molecule has 21 N–H and O–H groups in total. The molecule has 0 aliphatic carbocycles. The maximum atomic E-state index is 14.3. The summed E-state index contributed by atoms with van der Waals surface area (Å²) in [5.74, 6) is -1.26. The highest BCUT2D eigenvalue weighted by Gasteiger charge is 2.55. The van der Waals surface area contributed by atoms with E-state index in [1.807, 2.05) is 0 Å². The van der Waals surface area contributed by atoms with Gasteiger partial charge in [-0.1, -0.05) is 4.98 Å². The molecule has 4 fully saturated rings. The summed E-state index contributed by atoms with van der Waals surface area (Å²) in [6.45, 7) is -10.2. The van der Waals surface area contributed by atoms with Crippen LogP contribution in [0.4, 0.5) is 23.7 Å². The second-order valence-electron chi connectivity index (χ2n) is 21.6. The molecule has 0 amide bonds. The lowest BCUT2D eigenvalue weighted by molar-refractivity contribution is -0.745. The first-order chi connectivity index (χ1) is 46.0. The molecule has 8 aromatic heterocycles. The summed E-state index contributed by atoms with van der Waals surface area (Å²) in [5, 5.41) is 55.5. The third-order valence-electron chi connectivity index (χ3n) is 15.2.